The van der Waals surface area contributed by atoms with Crippen molar-refractivity contribution >= 4 is 50.6 Å². The minimum atomic E-state index is -3.91. The summed E-state index contributed by atoms with van der Waals surface area (Å²) in [5.41, 5.74) is -0.262. The number of nitrogens with zero attached hydrogens (tertiary/aromatic N) is 2. The first-order chi connectivity index (χ1) is 29.7. The number of fused-ring (bicyclic) bond motifs is 3. The molecule has 0 spiro atoms. The number of sulfonamides is 1. The smallest absolute Gasteiger partial charge is 0.407 e. The summed E-state index contributed by atoms with van der Waals surface area (Å²) in [6.45, 7) is 8.10. The molecule has 1 aromatic carbocycles. The summed E-state index contributed by atoms with van der Waals surface area (Å²) < 4.78 is 46.7. The number of nitrogens with one attached hydrogen (secondary N) is 4. The number of aryl methyl sites for hydroxylation is 1. The number of carbonyl (C=O) groups excluding carboxylic acids is 4. The second-order valence-corrected chi connectivity index (χ2v) is 21.4. The Kier molecular flexibility index (Phi) is 12.7. The monoisotopic (exact) mass is 876 g/mol. The van der Waals surface area contributed by atoms with Crippen molar-refractivity contribution in [1.29, 1.82) is 0 Å². The molecule has 3 heterocycles. The molecule has 15 nitrogen and oxygen atoms in total. The third kappa shape index (κ3) is 9.64. The molecule has 4 aliphatic carbocycles. The van der Waals surface area contributed by atoms with Crippen molar-refractivity contribution in [3.05, 3.63) is 36.4 Å². The number of cyclic esters (lactones) is 1. The van der Waals surface area contributed by atoms with Crippen molar-refractivity contribution in [2.24, 2.45) is 17.3 Å². The minimum absolute atomic E-state index is 0.0161. The predicted molar refractivity (Wildman–Crippen MR) is 234 cm³/mol. The van der Waals surface area contributed by atoms with Gasteiger partial charge in [0.15, 0.2) is 0 Å². The summed E-state index contributed by atoms with van der Waals surface area (Å²) in [5.74, 6) is -0.638. The van der Waals surface area contributed by atoms with E-state index in [1.54, 1.807) is 7.11 Å². The highest BCUT2D eigenvalue weighted by Crippen LogP contribution is 2.46. The summed E-state index contributed by atoms with van der Waals surface area (Å²) >= 11 is 0. The lowest BCUT2D eigenvalue weighted by Gasteiger charge is -2.35. The number of hydrogen-bond donors (Lipinski definition) is 4. The van der Waals surface area contributed by atoms with Crippen LogP contribution in [-0.2, 0) is 35.6 Å². The molecule has 2 aromatic rings. The minimum Gasteiger partial charge on any atom is -0.496 e. The number of aromatic nitrogens is 1. The van der Waals surface area contributed by atoms with Crippen LogP contribution in [0.4, 0.5) is 10.6 Å². The predicted octanol–water partition coefficient (Wildman–Crippen LogP) is 6.04. The van der Waals surface area contributed by atoms with Gasteiger partial charge in [0.1, 0.15) is 41.0 Å². The Bertz CT molecular complexity index is 2170. The second kappa shape index (κ2) is 17.9. The fraction of sp³-hybridized carbons (Fsp3) is 0.674. The van der Waals surface area contributed by atoms with Gasteiger partial charge in [0.25, 0.3) is 5.91 Å². The SMILES string of the molecule is C=C[C@@H]1C[C@]1(NC(=O)[C@@H]1C[C@@H]2CN1C(=O)[C@H](C1CCCCC1)NC(=O)OCC(C)(C)CCCc1cc3c(cc(NC4CCCCC4)nc3cc1OC)O2)C(=O)NS(=O)(=O)C1CC1. The number of amides is 4. The van der Waals surface area contributed by atoms with E-state index in [1.165, 1.54) is 17.4 Å². The van der Waals surface area contributed by atoms with Crippen molar-refractivity contribution in [3.8, 4) is 11.5 Å². The standard InChI is InChI=1S/C46H64N6O9S/c1-5-30-25-46(30,43(55)51-62(57,58)33-18-19-33)50-41(53)36-22-32-26-52(36)42(54)40(28-13-8-6-9-14-28)49-44(56)60-27-45(2,3)20-12-15-29-21-34-35(23-37(29)59-4)48-39(24-38(34)61-32)47-31-16-10-7-11-17-31/h5,21,23-24,28,30-33,36,40H,1,6-20,22,25-27H2,2-4H3,(H,47,48)(H,49,56)(H,50,53)(H,51,55)/t30-,32-,36+,40+,46-/m1/s1. The van der Waals surface area contributed by atoms with Crippen molar-refractivity contribution in [2.45, 2.75) is 158 Å². The molecule has 0 unspecified atom stereocenters. The van der Waals surface area contributed by atoms with Gasteiger partial charge in [-0.3, -0.25) is 19.1 Å². The van der Waals surface area contributed by atoms with Crippen LogP contribution in [0.2, 0.25) is 0 Å². The van der Waals surface area contributed by atoms with E-state index in [1.807, 2.05) is 12.1 Å². The zero-order valence-corrected chi connectivity index (χ0v) is 37.3. The van der Waals surface area contributed by atoms with Crippen LogP contribution in [-0.4, -0.2) is 97.4 Å². The van der Waals surface area contributed by atoms with Gasteiger partial charge in [-0.15, -0.1) is 6.58 Å². The molecular weight excluding hydrogens is 813 g/mol. The van der Waals surface area contributed by atoms with Gasteiger partial charge in [-0.05, 0) is 87.2 Å². The lowest BCUT2D eigenvalue weighted by atomic mass is 9.83. The highest BCUT2D eigenvalue weighted by atomic mass is 32.2. The first-order valence-electron chi connectivity index (χ1n) is 22.9. The van der Waals surface area contributed by atoms with Crippen LogP contribution in [0.15, 0.2) is 30.9 Å². The van der Waals surface area contributed by atoms with Crippen LogP contribution in [0.3, 0.4) is 0 Å². The normalized spacial score (nSPS) is 28.7. The third-order valence-corrected chi connectivity index (χ3v) is 15.9. The van der Waals surface area contributed by atoms with Crippen molar-refractivity contribution in [1.82, 2.24) is 25.2 Å². The van der Waals surface area contributed by atoms with E-state index in [-0.39, 0.29) is 43.4 Å². The van der Waals surface area contributed by atoms with Crippen LogP contribution in [0.1, 0.15) is 122 Å². The number of ether oxygens (including phenoxy) is 3. The molecular formula is C46H64N6O9S. The van der Waals surface area contributed by atoms with Gasteiger partial charge in [0.05, 0.1) is 31.0 Å². The topological polar surface area (TPSA) is 194 Å². The molecule has 0 radical (unpaired) electrons. The fourth-order valence-corrected chi connectivity index (χ4v) is 11.5. The van der Waals surface area contributed by atoms with Crippen molar-refractivity contribution in [3.63, 3.8) is 0 Å². The highest BCUT2D eigenvalue weighted by molar-refractivity contribution is 7.91. The summed E-state index contributed by atoms with van der Waals surface area (Å²) in [7, 11) is -2.26. The van der Waals surface area contributed by atoms with Crippen LogP contribution < -0.4 is 30.1 Å². The summed E-state index contributed by atoms with van der Waals surface area (Å²) in [6.07, 6.45) is 13.4. The van der Waals surface area contributed by atoms with Gasteiger partial charge in [0, 0.05) is 35.9 Å². The maximum absolute atomic E-state index is 15.1. The van der Waals surface area contributed by atoms with Gasteiger partial charge in [-0.25, -0.2) is 18.2 Å². The first kappa shape index (κ1) is 44.0. The zero-order chi connectivity index (χ0) is 43.8. The van der Waals surface area contributed by atoms with Crippen molar-refractivity contribution in [2.75, 3.05) is 25.6 Å². The molecule has 2 aliphatic heterocycles. The Morgan fingerprint density at radius 3 is 2.40 bits per heavy atom. The van der Waals surface area contributed by atoms with E-state index in [4.69, 9.17) is 19.2 Å². The Morgan fingerprint density at radius 1 is 1.00 bits per heavy atom. The van der Waals surface area contributed by atoms with E-state index < -0.39 is 68.7 Å². The van der Waals surface area contributed by atoms with Crippen molar-refractivity contribution < 1.29 is 41.8 Å². The molecule has 4 N–H and O–H groups in total. The van der Waals surface area contributed by atoms with Crippen LogP contribution in [0.25, 0.3) is 10.9 Å². The van der Waals surface area contributed by atoms with E-state index >= 15 is 4.79 Å². The molecule has 62 heavy (non-hydrogen) atoms. The molecule has 4 saturated carbocycles. The van der Waals surface area contributed by atoms with Crippen LogP contribution in [0, 0.1) is 17.3 Å². The molecule has 5 atom stereocenters. The number of alkyl carbamates (subject to hydrolysis) is 1. The van der Waals surface area contributed by atoms with Crippen LogP contribution >= 0.6 is 0 Å². The Labute approximate surface area is 365 Å². The molecule has 4 bridgehead atoms. The number of carbonyl (C=O) groups is 4. The first-order valence-corrected chi connectivity index (χ1v) is 24.4. The molecule has 6 aliphatic rings. The van der Waals surface area contributed by atoms with Gasteiger partial charge in [0.2, 0.25) is 21.8 Å². The number of pyridine rings is 1. The second-order valence-electron chi connectivity index (χ2n) is 19.4. The Balaban J connectivity index is 1.17. The van der Waals surface area contributed by atoms with Gasteiger partial charge in [-0.2, -0.15) is 0 Å². The lowest BCUT2D eigenvalue weighted by Crippen LogP contribution is -2.59. The molecule has 1 aromatic heterocycles. The molecule has 4 amide bonds. The van der Waals surface area contributed by atoms with Crippen LogP contribution in [0.5, 0.6) is 11.5 Å². The van der Waals surface area contributed by atoms with E-state index in [0.29, 0.717) is 42.1 Å². The van der Waals surface area contributed by atoms with Gasteiger partial charge in [-0.1, -0.05) is 58.4 Å². The molecule has 16 heteroatoms. The summed E-state index contributed by atoms with van der Waals surface area (Å²) in [6, 6.07) is 4.09. The summed E-state index contributed by atoms with van der Waals surface area (Å²) in [5, 5.41) is 9.62. The molecule has 8 rings (SSSR count). The Hall–Kier alpha value is -4.60. The maximum atomic E-state index is 15.1. The average molecular weight is 877 g/mol. The average Bonchev–Trinajstić information content (AvgIpc) is 4.19. The number of anilines is 1. The third-order valence-electron chi connectivity index (χ3n) is 14.1. The highest BCUT2D eigenvalue weighted by Gasteiger charge is 2.62. The van der Waals surface area contributed by atoms with Gasteiger partial charge >= 0.3 is 6.09 Å². The number of methoxy groups -OCH3 is 1. The summed E-state index contributed by atoms with van der Waals surface area (Å²) in [4.78, 5) is 63.7. The maximum Gasteiger partial charge on any atom is 0.407 e. The fourth-order valence-electron chi connectivity index (χ4n) is 10.1. The van der Waals surface area contributed by atoms with E-state index in [2.05, 4.69) is 47.2 Å². The molecule has 338 valence electrons. The zero-order valence-electron chi connectivity index (χ0n) is 36.5. The number of rotatable bonds is 10. The van der Waals surface area contributed by atoms with E-state index in [0.717, 1.165) is 81.6 Å². The molecule has 1 saturated heterocycles. The lowest BCUT2D eigenvalue weighted by molar-refractivity contribution is -0.142. The quantitative estimate of drug-likeness (QED) is 0.203. The molecule has 5 fully saturated rings. The largest absolute Gasteiger partial charge is 0.496 e. The number of benzene rings is 1. The van der Waals surface area contributed by atoms with E-state index in [9.17, 15) is 22.8 Å². The van der Waals surface area contributed by atoms with Gasteiger partial charge < -0.3 is 35.1 Å². The Morgan fingerprint density at radius 2 is 1.73 bits per heavy atom. The number of hydrogen-bond acceptors (Lipinski definition) is 11.